The van der Waals surface area contributed by atoms with Gasteiger partial charge < -0.3 is 14.8 Å². The average Bonchev–Trinajstić information content (AvgIpc) is 3.18. The van der Waals surface area contributed by atoms with Crippen LogP contribution in [0, 0.1) is 5.92 Å². The van der Waals surface area contributed by atoms with Crippen molar-refractivity contribution in [2.45, 2.75) is 44.7 Å². The van der Waals surface area contributed by atoms with E-state index in [-0.39, 0.29) is 24.5 Å². The van der Waals surface area contributed by atoms with Crippen LogP contribution in [-0.4, -0.2) is 70.4 Å². The number of likely N-dealkylation sites (N-methyl/N-ethyl adjacent to an activating group) is 1. The lowest BCUT2D eigenvalue weighted by atomic mass is 9.72. The number of H-pyrrole nitrogens is 1. The van der Waals surface area contributed by atoms with Crippen molar-refractivity contribution >= 4 is 22.8 Å². The van der Waals surface area contributed by atoms with E-state index in [0.717, 1.165) is 19.4 Å². The van der Waals surface area contributed by atoms with Crippen LogP contribution in [0.3, 0.4) is 0 Å². The third-order valence-electron chi connectivity index (χ3n) is 6.88. The quantitative estimate of drug-likeness (QED) is 0.833. The first kappa shape index (κ1) is 17.7. The molecule has 6 nitrogen and oxygen atoms in total. The van der Waals surface area contributed by atoms with Crippen LogP contribution in [0.4, 0.5) is 4.79 Å². The van der Waals surface area contributed by atoms with Gasteiger partial charge >= 0.3 is 6.03 Å². The Labute approximate surface area is 165 Å². The molecule has 0 saturated carbocycles. The lowest BCUT2D eigenvalue weighted by Gasteiger charge is -2.46. The number of nitrogens with one attached hydrogen (secondary N) is 1. The van der Waals surface area contributed by atoms with Gasteiger partial charge in [0.25, 0.3) is 5.91 Å². The highest BCUT2D eigenvalue weighted by Crippen LogP contribution is 2.44. The maximum Gasteiger partial charge on any atom is 0.327 e. The van der Waals surface area contributed by atoms with Crippen molar-refractivity contribution < 1.29 is 9.59 Å². The summed E-state index contributed by atoms with van der Waals surface area (Å²) in [5, 5.41) is 1.40. The second-order valence-corrected chi connectivity index (χ2v) is 9.02. The van der Waals surface area contributed by atoms with Crippen molar-refractivity contribution in [2.75, 3.05) is 26.7 Å². The smallest absolute Gasteiger partial charge is 0.327 e. The molecule has 1 aromatic heterocycles. The lowest BCUT2D eigenvalue weighted by Crippen LogP contribution is -2.50. The summed E-state index contributed by atoms with van der Waals surface area (Å²) in [7, 11) is 2.21. The summed E-state index contributed by atoms with van der Waals surface area (Å²) in [6, 6.07) is 6.88. The van der Waals surface area contributed by atoms with Gasteiger partial charge in [0.1, 0.15) is 6.54 Å². The van der Waals surface area contributed by atoms with Crippen LogP contribution in [0.25, 0.3) is 10.9 Å². The first-order valence-electron chi connectivity index (χ1n) is 10.3. The number of hydrogen-bond donors (Lipinski definition) is 1. The Bertz CT molecular complexity index is 949. The second-order valence-electron chi connectivity index (χ2n) is 9.02. The Morgan fingerprint density at radius 2 is 2.07 bits per heavy atom. The van der Waals surface area contributed by atoms with Gasteiger partial charge in [-0.3, -0.25) is 9.69 Å². The summed E-state index contributed by atoms with van der Waals surface area (Å²) in [6.45, 7) is 5.65. The van der Waals surface area contributed by atoms with Gasteiger partial charge in [-0.1, -0.05) is 12.1 Å². The van der Waals surface area contributed by atoms with Crippen LogP contribution in [0.5, 0.6) is 0 Å². The zero-order chi connectivity index (χ0) is 19.6. The van der Waals surface area contributed by atoms with E-state index in [1.165, 1.54) is 26.9 Å². The maximum atomic E-state index is 12.7. The van der Waals surface area contributed by atoms with Gasteiger partial charge in [0.15, 0.2) is 0 Å². The molecule has 1 aromatic carbocycles. The molecule has 0 radical (unpaired) electrons. The fourth-order valence-electron chi connectivity index (χ4n) is 5.72. The first-order chi connectivity index (χ1) is 13.4. The zero-order valence-electron chi connectivity index (χ0n) is 16.8. The lowest BCUT2D eigenvalue weighted by molar-refractivity contribution is -0.126. The minimum atomic E-state index is -0.122. The highest BCUT2D eigenvalue weighted by Gasteiger charge is 2.43. The maximum absolute atomic E-state index is 12.7. The van der Waals surface area contributed by atoms with Crippen LogP contribution in [0.2, 0.25) is 0 Å². The number of carbonyl (C=O) groups excluding carboxylic acids is 2. The Kier molecular flexibility index (Phi) is 4.02. The van der Waals surface area contributed by atoms with Crippen LogP contribution in [0.1, 0.15) is 37.3 Å². The van der Waals surface area contributed by atoms with Crippen molar-refractivity contribution in [1.29, 1.82) is 0 Å². The van der Waals surface area contributed by atoms with Crippen LogP contribution in [0.15, 0.2) is 24.4 Å². The number of imide groups is 1. The topological polar surface area (TPSA) is 59.7 Å². The van der Waals surface area contributed by atoms with Gasteiger partial charge in [0, 0.05) is 48.2 Å². The van der Waals surface area contributed by atoms with Gasteiger partial charge in [-0.2, -0.15) is 0 Å². The predicted molar refractivity (Wildman–Crippen MR) is 108 cm³/mol. The minimum absolute atomic E-state index is 0.0681. The number of piperidine rings is 1. The van der Waals surface area contributed by atoms with E-state index in [2.05, 4.69) is 41.3 Å². The van der Waals surface area contributed by atoms with Crippen LogP contribution < -0.4 is 0 Å². The number of hydrogen-bond acceptors (Lipinski definition) is 3. The summed E-state index contributed by atoms with van der Waals surface area (Å²) >= 11 is 0. The Hall–Kier alpha value is -2.34. The van der Waals surface area contributed by atoms with Crippen molar-refractivity contribution in [3.8, 4) is 0 Å². The molecule has 2 saturated heterocycles. The molecule has 3 atom stereocenters. The molecule has 2 aromatic rings. The van der Waals surface area contributed by atoms with Crippen molar-refractivity contribution in [2.24, 2.45) is 5.92 Å². The Balaban J connectivity index is 1.39. The largest absolute Gasteiger partial charge is 0.361 e. The van der Waals surface area contributed by atoms with Gasteiger partial charge in [-0.05, 0) is 56.8 Å². The number of carbonyl (C=O) groups is 2. The molecule has 2 aliphatic heterocycles. The number of rotatable bonds is 3. The number of nitrogens with zero attached hydrogens (tertiary/aromatic N) is 3. The van der Waals surface area contributed by atoms with Crippen molar-refractivity contribution in [1.82, 2.24) is 19.7 Å². The molecule has 2 fully saturated rings. The molecular weight excluding hydrogens is 352 g/mol. The Morgan fingerprint density at radius 3 is 2.82 bits per heavy atom. The van der Waals surface area contributed by atoms with E-state index in [1.807, 2.05) is 13.8 Å². The molecule has 3 amide bonds. The molecule has 3 aliphatic rings. The molecule has 1 unspecified atom stereocenters. The summed E-state index contributed by atoms with van der Waals surface area (Å²) in [5.41, 5.74) is 4.09. The first-order valence-corrected chi connectivity index (χ1v) is 10.3. The minimum Gasteiger partial charge on any atom is -0.361 e. The summed E-state index contributed by atoms with van der Waals surface area (Å²) in [5.74, 6) is 0.789. The van der Waals surface area contributed by atoms with E-state index in [0.29, 0.717) is 24.4 Å². The normalized spacial score (nSPS) is 27.9. The van der Waals surface area contributed by atoms with E-state index < -0.39 is 0 Å². The van der Waals surface area contributed by atoms with Gasteiger partial charge in [0.2, 0.25) is 0 Å². The summed E-state index contributed by atoms with van der Waals surface area (Å²) in [6.07, 6.45) is 4.31. The van der Waals surface area contributed by atoms with Gasteiger partial charge in [-0.25, -0.2) is 4.79 Å². The molecule has 6 heteroatoms. The van der Waals surface area contributed by atoms with E-state index >= 15 is 0 Å². The van der Waals surface area contributed by atoms with E-state index in [4.69, 9.17) is 0 Å². The highest BCUT2D eigenvalue weighted by molar-refractivity contribution is 6.02. The number of aromatic nitrogens is 1. The summed E-state index contributed by atoms with van der Waals surface area (Å²) < 4.78 is 0. The number of urea groups is 1. The highest BCUT2D eigenvalue weighted by atomic mass is 16.2. The molecule has 0 spiro atoms. The van der Waals surface area contributed by atoms with Crippen molar-refractivity contribution in [3.63, 3.8) is 0 Å². The van der Waals surface area contributed by atoms with Crippen molar-refractivity contribution in [3.05, 3.63) is 35.5 Å². The molecule has 1 N–H and O–H groups in total. The monoisotopic (exact) mass is 380 g/mol. The molecule has 3 heterocycles. The fraction of sp³-hybridized carbons (Fsp3) is 0.545. The van der Waals surface area contributed by atoms with E-state index in [1.54, 1.807) is 4.90 Å². The fourth-order valence-corrected chi connectivity index (χ4v) is 5.72. The third-order valence-corrected chi connectivity index (χ3v) is 6.88. The Morgan fingerprint density at radius 1 is 1.25 bits per heavy atom. The SMILES string of the molecule is CC(C)N1C(=O)CN(C[C@@H]2CC3c4cccc5[nH]cc(c45)C[C@H]3N(C)C2)C1=O. The van der Waals surface area contributed by atoms with Crippen LogP contribution >= 0.6 is 0 Å². The standard InChI is InChI=1S/C22H28N4O2/c1-13(2)26-20(27)12-25(22(26)28)11-14-7-17-16-5-4-6-18-21(16)15(9-23-18)8-19(17)24(3)10-14/h4-6,9,13-14,17,19,23H,7-8,10-12H2,1-3H3/t14-,17?,19-/m1/s1. The summed E-state index contributed by atoms with van der Waals surface area (Å²) in [4.78, 5) is 34.0. The van der Waals surface area contributed by atoms with Gasteiger partial charge in [-0.15, -0.1) is 0 Å². The van der Waals surface area contributed by atoms with Crippen LogP contribution in [-0.2, 0) is 11.2 Å². The molecule has 148 valence electrons. The predicted octanol–water partition coefficient (Wildman–Crippen LogP) is 2.80. The average molecular weight is 380 g/mol. The molecule has 28 heavy (non-hydrogen) atoms. The number of benzene rings is 1. The van der Waals surface area contributed by atoms with E-state index in [9.17, 15) is 9.59 Å². The molecule has 0 bridgehead atoms. The number of amides is 3. The number of fused-ring (bicyclic) bond motifs is 2. The van der Waals surface area contributed by atoms with Gasteiger partial charge in [0.05, 0.1) is 0 Å². The molecule has 5 rings (SSSR count). The second kappa shape index (κ2) is 6.34. The number of aromatic amines is 1. The zero-order valence-corrected chi connectivity index (χ0v) is 16.8. The molecule has 1 aliphatic carbocycles. The number of likely N-dealkylation sites (tertiary alicyclic amines) is 1. The third kappa shape index (κ3) is 2.58. The molecular formula is C22H28N4O2.